The van der Waals surface area contributed by atoms with Gasteiger partial charge in [0.2, 0.25) is 5.79 Å². The highest BCUT2D eigenvalue weighted by atomic mass is 16.6. The lowest BCUT2D eigenvalue weighted by molar-refractivity contribution is -0.143. The number of carboxylic acids is 1. The maximum absolute atomic E-state index is 11.3. The Morgan fingerprint density at radius 1 is 1.21 bits per heavy atom. The number of piperidine rings is 1. The molecule has 0 bridgehead atoms. The molecule has 2 aromatic rings. The van der Waals surface area contributed by atoms with E-state index in [1.807, 2.05) is 24.3 Å². The third-order valence-corrected chi connectivity index (χ3v) is 6.90. The first-order chi connectivity index (χ1) is 15.9. The minimum absolute atomic E-state index is 0.284. The van der Waals surface area contributed by atoms with E-state index in [9.17, 15) is 15.0 Å². The number of ether oxygens (including phenoxy) is 2. The minimum atomic E-state index is -1.39. The second-order valence-corrected chi connectivity index (χ2v) is 9.51. The van der Waals surface area contributed by atoms with E-state index in [1.54, 1.807) is 0 Å². The molecule has 3 aliphatic heterocycles. The Hall–Kier alpha value is -2.83. The molecule has 1 fully saturated rings. The number of hydrogen-bond donors (Lipinski definition) is 2. The number of rotatable bonds is 6. The van der Waals surface area contributed by atoms with Crippen LogP contribution in [0, 0.1) is 5.92 Å². The summed E-state index contributed by atoms with van der Waals surface area (Å²) in [6, 6.07) is 12.0. The summed E-state index contributed by atoms with van der Waals surface area (Å²) in [6.45, 7) is 4.83. The van der Waals surface area contributed by atoms with Crippen molar-refractivity contribution in [1.82, 2.24) is 4.90 Å². The smallest absolute Gasteiger partial charge is 0.307 e. The molecule has 0 saturated carbocycles. The fourth-order valence-electron chi connectivity index (χ4n) is 5.15. The van der Waals surface area contributed by atoms with Gasteiger partial charge in [-0.3, -0.25) is 9.69 Å². The molecule has 0 aromatic heterocycles. The van der Waals surface area contributed by atoms with Gasteiger partial charge in [-0.1, -0.05) is 37.6 Å². The molecule has 3 aliphatic rings. The van der Waals surface area contributed by atoms with Gasteiger partial charge < -0.3 is 19.7 Å². The lowest BCUT2D eigenvalue weighted by Crippen LogP contribution is -2.40. The van der Waals surface area contributed by atoms with E-state index in [1.165, 1.54) is 5.56 Å². The Kier molecular flexibility index (Phi) is 5.89. The van der Waals surface area contributed by atoms with Crippen LogP contribution in [0.5, 0.6) is 11.5 Å². The van der Waals surface area contributed by atoms with E-state index >= 15 is 0 Å². The Morgan fingerprint density at radius 2 is 2.09 bits per heavy atom. The summed E-state index contributed by atoms with van der Waals surface area (Å²) in [7, 11) is 0. The summed E-state index contributed by atoms with van der Waals surface area (Å²) in [6.07, 6.45) is 6.25. The van der Waals surface area contributed by atoms with Crippen LogP contribution in [0.15, 0.2) is 42.0 Å². The molecule has 2 unspecified atom stereocenters. The second-order valence-electron chi connectivity index (χ2n) is 9.51. The standard InChI is InChI=1S/C27H31NO5/c1-2-4-18-6-7-21-14-27(31,33-25(21)12-18)23-9-8-20-11-19(17-32-24(20)13-23)15-28-10-3-5-22(16-28)26(29)30/h6-9,11-13,22,31H,2-5,10,14-17H2,1H3,(H,29,30). The Morgan fingerprint density at radius 3 is 2.91 bits per heavy atom. The van der Waals surface area contributed by atoms with E-state index in [0.717, 1.165) is 60.4 Å². The van der Waals surface area contributed by atoms with Gasteiger partial charge in [-0.05, 0) is 55.2 Å². The maximum atomic E-state index is 11.3. The van der Waals surface area contributed by atoms with E-state index in [4.69, 9.17) is 9.47 Å². The van der Waals surface area contributed by atoms with Crippen molar-refractivity contribution in [3.8, 4) is 11.5 Å². The topological polar surface area (TPSA) is 79.2 Å². The van der Waals surface area contributed by atoms with Crippen molar-refractivity contribution < 1.29 is 24.5 Å². The summed E-state index contributed by atoms with van der Waals surface area (Å²) in [5, 5.41) is 20.6. The molecule has 3 heterocycles. The van der Waals surface area contributed by atoms with Crippen molar-refractivity contribution >= 4 is 12.0 Å². The van der Waals surface area contributed by atoms with E-state index in [0.29, 0.717) is 31.7 Å². The maximum Gasteiger partial charge on any atom is 0.307 e. The van der Waals surface area contributed by atoms with Gasteiger partial charge >= 0.3 is 5.97 Å². The first kappa shape index (κ1) is 22.0. The van der Waals surface area contributed by atoms with Crippen molar-refractivity contribution in [2.75, 3.05) is 26.2 Å². The highest BCUT2D eigenvalue weighted by Gasteiger charge is 2.40. The van der Waals surface area contributed by atoms with Gasteiger partial charge in [0.05, 0.1) is 5.92 Å². The number of nitrogens with zero attached hydrogens (tertiary/aromatic N) is 1. The van der Waals surface area contributed by atoms with Crippen molar-refractivity contribution in [2.24, 2.45) is 5.92 Å². The molecule has 2 aromatic carbocycles. The zero-order valence-electron chi connectivity index (χ0n) is 19.0. The van der Waals surface area contributed by atoms with E-state index in [-0.39, 0.29) is 5.92 Å². The molecular weight excluding hydrogens is 418 g/mol. The van der Waals surface area contributed by atoms with Crippen LogP contribution in [-0.4, -0.2) is 47.3 Å². The highest BCUT2D eigenvalue weighted by molar-refractivity contribution is 5.70. The van der Waals surface area contributed by atoms with Gasteiger partial charge in [0.15, 0.2) is 0 Å². The predicted octanol–water partition coefficient (Wildman–Crippen LogP) is 3.99. The zero-order valence-corrected chi connectivity index (χ0v) is 19.0. The Balaban J connectivity index is 1.30. The molecule has 0 spiro atoms. The minimum Gasteiger partial charge on any atom is -0.489 e. The summed E-state index contributed by atoms with van der Waals surface area (Å²) >= 11 is 0. The molecule has 2 N–H and O–H groups in total. The van der Waals surface area contributed by atoms with E-state index in [2.05, 4.69) is 30.0 Å². The van der Waals surface area contributed by atoms with Crippen LogP contribution in [0.1, 0.15) is 48.4 Å². The van der Waals surface area contributed by atoms with Gasteiger partial charge in [0, 0.05) is 36.2 Å². The average molecular weight is 450 g/mol. The van der Waals surface area contributed by atoms with Gasteiger partial charge in [-0.15, -0.1) is 0 Å². The van der Waals surface area contributed by atoms with Crippen molar-refractivity contribution in [1.29, 1.82) is 0 Å². The third kappa shape index (κ3) is 4.50. The number of carbonyl (C=O) groups is 1. The predicted molar refractivity (Wildman–Crippen MR) is 125 cm³/mol. The molecule has 6 heteroatoms. The van der Waals surface area contributed by atoms with Crippen molar-refractivity contribution in [3.05, 3.63) is 64.2 Å². The molecule has 2 atom stereocenters. The fourth-order valence-corrected chi connectivity index (χ4v) is 5.15. The molecule has 0 radical (unpaired) electrons. The van der Waals surface area contributed by atoms with Crippen molar-refractivity contribution in [3.63, 3.8) is 0 Å². The number of aliphatic carboxylic acids is 1. The number of hydrogen-bond acceptors (Lipinski definition) is 5. The third-order valence-electron chi connectivity index (χ3n) is 6.90. The molecular formula is C27H31NO5. The lowest BCUT2D eigenvalue weighted by Gasteiger charge is -2.32. The number of fused-ring (bicyclic) bond motifs is 2. The second kappa shape index (κ2) is 8.84. The molecule has 33 heavy (non-hydrogen) atoms. The highest BCUT2D eigenvalue weighted by Crippen LogP contribution is 2.42. The summed E-state index contributed by atoms with van der Waals surface area (Å²) in [5.41, 5.74) is 5.02. The van der Waals surface area contributed by atoms with Gasteiger partial charge in [-0.2, -0.15) is 0 Å². The van der Waals surface area contributed by atoms with Crippen LogP contribution in [0.25, 0.3) is 6.08 Å². The normalized spacial score (nSPS) is 24.3. The molecule has 0 aliphatic carbocycles. The largest absolute Gasteiger partial charge is 0.489 e. The molecule has 174 valence electrons. The summed E-state index contributed by atoms with van der Waals surface area (Å²) in [4.78, 5) is 13.5. The number of aryl methyl sites for hydroxylation is 1. The van der Waals surface area contributed by atoms with Crippen LogP contribution < -0.4 is 9.47 Å². The van der Waals surface area contributed by atoms with Gasteiger partial charge in [0.25, 0.3) is 0 Å². The summed E-state index contributed by atoms with van der Waals surface area (Å²) < 4.78 is 12.1. The molecule has 1 saturated heterocycles. The van der Waals surface area contributed by atoms with Crippen LogP contribution in [-0.2, 0) is 23.4 Å². The average Bonchev–Trinajstić information content (AvgIpc) is 3.16. The first-order valence-corrected chi connectivity index (χ1v) is 11.9. The van der Waals surface area contributed by atoms with E-state index < -0.39 is 11.8 Å². The van der Waals surface area contributed by atoms with Crippen molar-refractivity contribution in [2.45, 2.75) is 44.8 Å². The van der Waals surface area contributed by atoms with Gasteiger partial charge in [0.1, 0.15) is 18.1 Å². The lowest BCUT2D eigenvalue weighted by atomic mass is 9.96. The van der Waals surface area contributed by atoms with Crippen LogP contribution in [0.4, 0.5) is 0 Å². The number of likely N-dealkylation sites (tertiary alicyclic amines) is 1. The number of aliphatic hydroxyl groups is 1. The van der Waals surface area contributed by atoms with Crippen LogP contribution >= 0.6 is 0 Å². The molecule has 5 rings (SSSR count). The number of carboxylic acid groups (broad SMARTS) is 1. The molecule has 6 nitrogen and oxygen atoms in total. The van der Waals surface area contributed by atoms with Gasteiger partial charge in [-0.25, -0.2) is 0 Å². The quantitative estimate of drug-likeness (QED) is 0.694. The Bertz CT molecular complexity index is 1090. The van der Waals surface area contributed by atoms with Crippen LogP contribution in [0.3, 0.4) is 0 Å². The Labute approximate surface area is 194 Å². The SMILES string of the molecule is CCCc1ccc2c(c1)OC(O)(c1ccc3c(c1)OCC(CN1CCCC(C(=O)O)C1)=C3)C2. The fraction of sp³-hybridized carbons (Fsp3) is 0.444. The van der Waals surface area contributed by atoms with Crippen LogP contribution in [0.2, 0.25) is 0 Å². The number of benzene rings is 2. The monoisotopic (exact) mass is 449 g/mol. The summed E-state index contributed by atoms with van der Waals surface area (Å²) in [5.74, 6) is -0.895. The molecule has 0 amide bonds. The zero-order chi connectivity index (χ0) is 23.0. The first-order valence-electron chi connectivity index (χ1n) is 11.9.